The van der Waals surface area contributed by atoms with Gasteiger partial charge in [0, 0.05) is 0 Å². The van der Waals surface area contributed by atoms with E-state index in [1.165, 1.54) is 13.3 Å². The fourth-order valence-electron chi connectivity index (χ4n) is 0.559. The number of hydrogen-bond acceptors (Lipinski definition) is 2. The fourth-order valence-corrected chi connectivity index (χ4v) is 0.559. The van der Waals surface area contributed by atoms with Crippen LogP contribution in [0.4, 0.5) is 4.39 Å². The van der Waals surface area contributed by atoms with E-state index in [-0.39, 0.29) is 11.4 Å². The third-order valence-corrected chi connectivity index (χ3v) is 1.10. The monoisotopic (exact) mass is 136 g/mol. The van der Waals surface area contributed by atoms with Crippen molar-refractivity contribution in [2.45, 2.75) is 6.92 Å². The van der Waals surface area contributed by atoms with Gasteiger partial charge in [-0.1, -0.05) is 0 Å². The first-order valence-corrected chi connectivity index (χ1v) is 2.69. The summed E-state index contributed by atoms with van der Waals surface area (Å²) in [5.41, 5.74) is 0.301. The molecule has 50 valence electrons. The second-order valence-corrected chi connectivity index (χ2v) is 1.77. The molecule has 0 aromatic carbocycles. The van der Waals surface area contributed by atoms with Crippen molar-refractivity contribution in [2.75, 3.05) is 0 Å². The molecule has 0 bridgehead atoms. The molecule has 0 radical (unpaired) electrons. The second kappa shape index (κ2) is 2.44. The van der Waals surface area contributed by atoms with Gasteiger partial charge in [0.2, 0.25) is 0 Å². The van der Waals surface area contributed by atoms with Crippen LogP contribution in [-0.2, 0) is 0 Å². The minimum Gasteiger partial charge on any atom is -0.239 e. The smallest absolute Gasteiger partial charge is 0.178 e. The van der Waals surface area contributed by atoms with Crippen LogP contribution in [-0.4, -0.2) is 9.97 Å². The summed E-state index contributed by atoms with van der Waals surface area (Å²) in [7, 11) is 0. The second-order valence-electron chi connectivity index (χ2n) is 1.77. The van der Waals surface area contributed by atoms with E-state index in [1.807, 2.05) is 0 Å². The highest BCUT2D eigenvalue weighted by Crippen LogP contribution is 2.03. The lowest BCUT2D eigenvalue weighted by Gasteiger charge is -1.94. The first-order chi connectivity index (χ1) is 4.75. The van der Waals surface area contributed by atoms with Crippen LogP contribution in [0.5, 0.6) is 0 Å². The third kappa shape index (κ3) is 0.960. The van der Waals surface area contributed by atoms with Gasteiger partial charge in [0.05, 0.1) is 5.69 Å². The SMILES string of the molecule is C#Cc1ncnc(C)c1F. The summed E-state index contributed by atoms with van der Waals surface area (Å²) < 4.78 is 12.7. The van der Waals surface area contributed by atoms with Crippen molar-refractivity contribution in [3.63, 3.8) is 0 Å². The number of terminal acetylenes is 1. The Morgan fingerprint density at radius 3 is 2.80 bits per heavy atom. The molecular formula is C7H5FN2. The van der Waals surface area contributed by atoms with E-state index in [4.69, 9.17) is 6.42 Å². The lowest BCUT2D eigenvalue weighted by molar-refractivity contribution is 0.597. The van der Waals surface area contributed by atoms with E-state index < -0.39 is 5.82 Å². The van der Waals surface area contributed by atoms with Crippen LogP contribution in [0.3, 0.4) is 0 Å². The lowest BCUT2D eigenvalue weighted by Crippen LogP contribution is -1.94. The maximum atomic E-state index is 12.7. The number of nitrogens with zero attached hydrogens (tertiary/aromatic N) is 2. The average molecular weight is 136 g/mol. The molecule has 0 saturated heterocycles. The van der Waals surface area contributed by atoms with Crippen LogP contribution in [0.2, 0.25) is 0 Å². The van der Waals surface area contributed by atoms with Crippen molar-refractivity contribution in [1.29, 1.82) is 0 Å². The summed E-state index contributed by atoms with van der Waals surface area (Å²) in [6, 6.07) is 0. The van der Waals surface area contributed by atoms with Crippen LogP contribution < -0.4 is 0 Å². The van der Waals surface area contributed by atoms with Gasteiger partial charge in [0.15, 0.2) is 11.5 Å². The van der Waals surface area contributed by atoms with Crippen LogP contribution in [0.1, 0.15) is 11.4 Å². The molecule has 0 saturated carbocycles. The van der Waals surface area contributed by atoms with Crippen molar-refractivity contribution in [2.24, 2.45) is 0 Å². The predicted molar refractivity (Wildman–Crippen MR) is 34.7 cm³/mol. The highest BCUT2D eigenvalue weighted by Gasteiger charge is 2.02. The van der Waals surface area contributed by atoms with Gasteiger partial charge in [-0.2, -0.15) is 0 Å². The van der Waals surface area contributed by atoms with Gasteiger partial charge in [0.25, 0.3) is 0 Å². The van der Waals surface area contributed by atoms with Crippen molar-refractivity contribution in [1.82, 2.24) is 9.97 Å². The van der Waals surface area contributed by atoms with E-state index in [1.54, 1.807) is 0 Å². The van der Waals surface area contributed by atoms with Crippen molar-refractivity contribution < 1.29 is 4.39 Å². The lowest BCUT2D eigenvalue weighted by atomic mass is 10.3. The standard InChI is InChI=1S/C7H5FN2/c1-3-6-7(8)5(2)9-4-10-6/h1,4H,2H3. The first kappa shape index (κ1) is 6.69. The van der Waals surface area contributed by atoms with Gasteiger partial charge in [-0.25, -0.2) is 14.4 Å². The molecule has 1 aromatic heterocycles. The van der Waals surface area contributed by atoms with Crippen LogP contribution >= 0.6 is 0 Å². The molecule has 0 spiro atoms. The van der Waals surface area contributed by atoms with Crippen LogP contribution in [0.15, 0.2) is 6.33 Å². The Morgan fingerprint density at radius 1 is 1.60 bits per heavy atom. The van der Waals surface area contributed by atoms with E-state index in [0.29, 0.717) is 0 Å². The molecule has 0 aliphatic rings. The summed E-state index contributed by atoms with van der Waals surface area (Å²) >= 11 is 0. The summed E-state index contributed by atoms with van der Waals surface area (Å²) in [4.78, 5) is 7.14. The van der Waals surface area contributed by atoms with E-state index in [2.05, 4.69) is 15.9 Å². The van der Waals surface area contributed by atoms with Crippen LogP contribution in [0, 0.1) is 25.1 Å². The number of aromatic nitrogens is 2. The first-order valence-electron chi connectivity index (χ1n) is 2.69. The molecule has 0 aliphatic carbocycles. The molecule has 0 atom stereocenters. The van der Waals surface area contributed by atoms with E-state index >= 15 is 0 Å². The van der Waals surface area contributed by atoms with Crippen molar-refractivity contribution in [3.05, 3.63) is 23.5 Å². The molecule has 0 aliphatic heterocycles. The van der Waals surface area contributed by atoms with Crippen molar-refractivity contribution in [3.8, 4) is 12.3 Å². The molecule has 1 rings (SSSR count). The van der Waals surface area contributed by atoms with Gasteiger partial charge < -0.3 is 0 Å². The Balaban J connectivity index is 3.31. The highest BCUT2D eigenvalue weighted by molar-refractivity contribution is 5.26. The molecule has 0 fully saturated rings. The average Bonchev–Trinajstić information content (AvgIpc) is 1.95. The largest absolute Gasteiger partial charge is 0.239 e. The minimum atomic E-state index is -0.509. The maximum Gasteiger partial charge on any atom is 0.178 e. The summed E-state index contributed by atoms with van der Waals surface area (Å²) in [5, 5.41) is 0. The molecule has 0 amide bonds. The third-order valence-electron chi connectivity index (χ3n) is 1.10. The fraction of sp³-hybridized carbons (Fsp3) is 0.143. The quantitative estimate of drug-likeness (QED) is 0.495. The Kier molecular flexibility index (Phi) is 1.63. The van der Waals surface area contributed by atoms with Gasteiger partial charge in [0.1, 0.15) is 6.33 Å². The Hall–Kier alpha value is -1.43. The van der Waals surface area contributed by atoms with Gasteiger partial charge in [-0.15, -0.1) is 6.42 Å². The molecule has 0 N–H and O–H groups in total. The number of halogens is 1. The van der Waals surface area contributed by atoms with E-state index in [0.717, 1.165) is 0 Å². The highest BCUT2D eigenvalue weighted by atomic mass is 19.1. The molecule has 0 unspecified atom stereocenters. The van der Waals surface area contributed by atoms with Gasteiger partial charge in [-0.05, 0) is 12.8 Å². The Bertz CT molecular complexity index is 288. The molecular weight excluding hydrogens is 131 g/mol. The van der Waals surface area contributed by atoms with Gasteiger partial charge in [-0.3, -0.25) is 0 Å². The number of rotatable bonds is 0. The van der Waals surface area contributed by atoms with E-state index in [9.17, 15) is 4.39 Å². The topological polar surface area (TPSA) is 25.8 Å². The van der Waals surface area contributed by atoms with Crippen molar-refractivity contribution >= 4 is 0 Å². The summed E-state index contributed by atoms with van der Waals surface area (Å²) in [6.45, 7) is 1.54. The minimum absolute atomic E-state index is 0.0208. The molecule has 10 heavy (non-hydrogen) atoms. The van der Waals surface area contributed by atoms with Gasteiger partial charge >= 0.3 is 0 Å². The van der Waals surface area contributed by atoms with Crippen LogP contribution in [0.25, 0.3) is 0 Å². The predicted octanol–water partition coefficient (Wildman–Crippen LogP) is 0.905. The maximum absolute atomic E-state index is 12.7. The molecule has 1 heterocycles. The zero-order valence-electron chi connectivity index (χ0n) is 5.43. The summed E-state index contributed by atoms with van der Waals surface area (Å²) in [5.74, 6) is 1.60. The normalized spacial score (nSPS) is 8.90. The Morgan fingerprint density at radius 2 is 2.30 bits per heavy atom. The zero-order chi connectivity index (χ0) is 7.56. The Labute approximate surface area is 58.1 Å². The molecule has 1 aromatic rings. The number of hydrogen-bond donors (Lipinski definition) is 0. The molecule has 2 nitrogen and oxygen atoms in total. The number of aryl methyl sites for hydroxylation is 1. The molecule has 3 heteroatoms. The zero-order valence-corrected chi connectivity index (χ0v) is 5.43. The summed E-state index contributed by atoms with van der Waals surface area (Å²) in [6.07, 6.45) is 6.18.